The lowest BCUT2D eigenvalue weighted by molar-refractivity contribution is -0.136. The van der Waals surface area contributed by atoms with Gasteiger partial charge in [0, 0.05) is 4.47 Å². The van der Waals surface area contributed by atoms with Gasteiger partial charge in [0.25, 0.3) is 0 Å². The highest BCUT2D eigenvalue weighted by molar-refractivity contribution is 9.10. The molecular weight excluding hydrogens is 400 g/mol. The van der Waals surface area contributed by atoms with Gasteiger partial charge in [-0.05, 0) is 61.7 Å². The number of benzene rings is 2. The maximum atomic E-state index is 12.1. The third-order valence-electron chi connectivity index (χ3n) is 3.50. The molecule has 0 aliphatic heterocycles. The summed E-state index contributed by atoms with van der Waals surface area (Å²) in [5.74, 6) is -0.0660. The van der Waals surface area contributed by atoms with E-state index in [1.807, 2.05) is 32.9 Å². The van der Waals surface area contributed by atoms with E-state index in [4.69, 9.17) is 14.2 Å². The third-order valence-corrected chi connectivity index (χ3v) is 3.96. The number of carbonyl (C=O) groups excluding carboxylic acids is 2. The van der Waals surface area contributed by atoms with E-state index in [1.54, 1.807) is 18.2 Å². The first-order valence-corrected chi connectivity index (χ1v) is 9.07. The van der Waals surface area contributed by atoms with Crippen LogP contribution in [-0.4, -0.2) is 25.2 Å². The zero-order valence-electron chi connectivity index (χ0n) is 15.0. The largest absolute Gasteiger partial charge is 0.481 e. The summed E-state index contributed by atoms with van der Waals surface area (Å²) in [6, 6.07) is 10.2. The van der Waals surface area contributed by atoms with Crippen molar-refractivity contribution in [2.75, 3.05) is 13.2 Å². The molecule has 138 valence electrons. The Balaban J connectivity index is 1.97. The Bertz CT molecular complexity index is 778. The highest BCUT2D eigenvalue weighted by atomic mass is 79.9. The van der Waals surface area contributed by atoms with E-state index >= 15 is 0 Å². The zero-order chi connectivity index (χ0) is 19.1. The molecular formula is C20H21BrO5. The molecule has 0 N–H and O–H groups in total. The van der Waals surface area contributed by atoms with Gasteiger partial charge in [0.2, 0.25) is 0 Å². The fourth-order valence-corrected chi connectivity index (χ4v) is 3.07. The van der Waals surface area contributed by atoms with Gasteiger partial charge < -0.3 is 14.2 Å². The molecule has 6 heteroatoms. The van der Waals surface area contributed by atoms with Gasteiger partial charge in [-0.2, -0.15) is 0 Å². The van der Waals surface area contributed by atoms with E-state index in [0.717, 1.165) is 22.0 Å². The molecule has 0 aromatic heterocycles. The maximum absolute atomic E-state index is 12.1. The average Bonchev–Trinajstić information content (AvgIpc) is 2.59. The van der Waals surface area contributed by atoms with Gasteiger partial charge in [-0.25, -0.2) is 9.59 Å². The lowest BCUT2D eigenvalue weighted by Gasteiger charge is -2.12. The second-order valence-corrected chi connectivity index (χ2v) is 6.71. The number of carbonyl (C=O) groups is 2. The lowest BCUT2D eigenvalue weighted by atomic mass is 10.1. The Hall–Kier alpha value is -2.34. The van der Waals surface area contributed by atoms with Crippen LogP contribution in [-0.2, 0) is 9.53 Å². The Morgan fingerprint density at radius 2 is 1.77 bits per heavy atom. The first kappa shape index (κ1) is 20.0. The fourth-order valence-electron chi connectivity index (χ4n) is 2.38. The minimum absolute atomic E-state index is 0.228. The molecule has 0 fully saturated rings. The quantitative estimate of drug-likeness (QED) is 0.483. The van der Waals surface area contributed by atoms with Crippen molar-refractivity contribution in [2.45, 2.75) is 27.2 Å². The first-order chi connectivity index (χ1) is 12.4. The summed E-state index contributed by atoms with van der Waals surface area (Å²) in [4.78, 5) is 23.9. The molecule has 0 unspecified atom stereocenters. The number of halogens is 1. The molecule has 0 aliphatic rings. The van der Waals surface area contributed by atoms with Crippen LogP contribution < -0.4 is 9.47 Å². The molecule has 0 saturated heterocycles. The van der Waals surface area contributed by atoms with E-state index < -0.39 is 11.9 Å². The number of rotatable bonds is 7. The van der Waals surface area contributed by atoms with Crippen LogP contribution in [0.25, 0.3) is 0 Å². The molecule has 0 atom stereocenters. The molecule has 2 rings (SSSR count). The smallest absolute Gasteiger partial charge is 0.349 e. The second-order valence-electron chi connectivity index (χ2n) is 5.80. The molecule has 0 heterocycles. The van der Waals surface area contributed by atoms with Gasteiger partial charge in [-0.1, -0.05) is 28.9 Å². The maximum Gasteiger partial charge on any atom is 0.349 e. The summed E-state index contributed by atoms with van der Waals surface area (Å²) in [7, 11) is 0. The molecule has 0 spiro atoms. The highest BCUT2D eigenvalue weighted by Crippen LogP contribution is 2.27. The predicted octanol–water partition coefficient (Wildman–Crippen LogP) is 4.62. The van der Waals surface area contributed by atoms with E-state index in [-0.39, 0.29) is 12.4 Å². The number of ether oxygens (including phenoxy) is 3. The minimum Gasteiger partial charge on any atom is -0.481 e. The summed E-state index contributed by atoms with van der Waals surface area (Å²) in [5, 5.41) is 0. The summed E-state index contributed by atoms with van der Waals surface area (Å²) >= 11 is 3.42. The SMILES string of the molecule is CCCOC(=O)c1cccc(OC(=O)COc2c(C)cc(Br)cc2C)c1. The predicted molar refractivity (Wildman–Crippen MR) is 102 cm³/mol. The third kappa shape index (κ3) is 5.59. The van der Waals surface area contributed by atoms with E-state index in [1.165, 1.54) is 6.07 Å². The highest BCUT2D eigenvalue weighted by Gasteiger charge is 2.12. The lowest BCUT2D eigenvalue weighted by Crippen LogP contribution is -2.18. The molecule has 2 aromatic carbocycles. The van der Waals surface area contributed by atoms with Crippen molar-refractivity contribution >= 4 is 27.9 Å². The van der Waals surface area contributed by atoms with Crippen molar-refractivity contribution < 1.29 is 23.8 Å². The van der Waals surface area contributed by atoms with Crippen LogP contribution >= 0.6 is 15.9 Å². The second kappa shape index (κ2) is 9.38. The van der Waals surface area contributed by atoms with Crippen LogP contribution in [0.1, 0.15) is 34.8 Å². The number of hydrogen-bond acceptors (Lipinski definition) is 5. The average molecular weight is 421 g/mol. The van der Waals surface area contributed by atoms with Crippen LogP contribution in [0, 0.1) is 13.8 Å². The number of aryl methyl sites for hydroxylation is 2. The van der Waals surface area contributed by atoms with Crippen LogP contribution in [0.15, 0.2) is 40.9 Å². The molecule has 2 aromatic rings. The van der Waals surface area contributed by atoms with E-state index in [2.05, 4.69) is 15.9 Å². The Morgan fingerprint density at radius 3 is 2.42 bits per heavy atom. The van der Waals surface area contributed by atoms with Crippen molar-refractivity contribution in [2.24, 2.45) is 0 Å². The minimum atomic E-state index is -0.550. The van der Waals surface area contributed by atoms with Gasteiger partial charge >= 0.3 is 11.9 Å². The summed E-state index contributed by atoms with van der Waals surface area (Å²) in [6.45, 7) is 5.85. The Morgan fingerprint density at radius 1 is 1.08 bits per heavy atom. The molecule has 26 heavy (non-hydrogen) atoms. The summed E-state index contributed by atoms with van der Waals surface area (Å²) < 4.78 is 16.9. The van der Waals surface area contributed by atoms with Crippen molar-refractivity contribution in [1.29, 1.82) is 0 Å². The van der Waals surface area contributed by atoms with Gasteiger partial charge in [-0.15, -0.1) is 0 Å². The molecule has 0 amide bonds. The monoisotopic (exact) mass is 420 g/mol. The van der Waals surface area contributed by atoms with Gasteiger partial charge in [0.1, 0.15) is 11.5 Å². The number of esters is 2. The Labute approximate surface area is 161 Å². The molecule has 0 bridgehead atoms. The summed E-state index contributed by atoms with van der Waals surface area (Å²) in [6.07, 6.45) is 0.743. The first-order valence-electron chi connectivity index (χ1n) is 8.28. The fraction of sp³-hybridized carbons (Fsp3) is 0.300. The van der Waals surface area contributed by atoms with Crippen molar-refractivity contribution in [3.63, 3.8) is 0 Å². The van der Waals surface area contributed by atoms with Gasteiger partial charge in [0.15, 0.2) is 6.61 Å². The number of hydrogen-bond donors (Lipinski definition) is 0. The zero-order valence-corrected chi connectivity index (χ0v) is 16.6. The van der Waals surface area contributed by atoms with Gasteiger partial charge in [0.05, 0.1) is 12.2 Å². The van der Waals surface area contributed by atoms with Crippen molar-refractivity contribution in [1.82, 2.24) is 0 Å². The standard InChI is InChI=1S/C20H21BrO5/c1-4-8-24-20(23)15-6-5-7-17(11-15)26-18(22)12-25-19-13(2)9-16(21)10-14(19)3/h5-7,9-11H,4,8,12H2,1-3H3. The molecule has 0 radical (unpaired) electrons. The van der Waals surface area contributed by atoms with Crippen LogP contribution in [0.2, 0.25) is 0 Å². The summed E-state index contributed by atoms with van der Waals surface area (Å²) in [5.41, 5.74) is 2.18. The van der Waals surface area contributed by atoms with Crippen molar-refractivity contribution in [3.05, 3.63) is 57.6 Å². The van der Waals surface area contributed by atoms with Crippen molar-refractivity contribution in [3.8, 4) is 11.5 Å². The van der Waals surface area contributed by atoms with E-state index in [9.17, 15) is 9.59 Å². The topological polar surface area (TPSA) is 61.8 Å². The molecule has 0 saturated carbocycles. The van der Waals surface area contributed by atoms with Crippen LogP contribution in [0.5, 0.6) is 11.5 Å². The van der Waals surface area contributed by atoms with E-state index in [0.29, 0.717) is 17.9 Å². The van der Waals surface area contributed by atoms with Crippen LogP contribution in [0.3, 0.4) is 0 Å². The molecule has 5 nitrogen and oxygen atoms in total. The Kier molecular flexibility index (Phi) is 7.21. The molecule has 0 aliphatic carbocycles. The van der Waals surface area contributed by atoms with Crippen LogP contribution in [0.4, 0.5) is 0 Å². The normalized spacial score (nSPS) is 10.3. The van der Waals surface area contributed by atoms with Gasteiger partial charge in [-0.3, -0.25) is 0 Å².